The molecule has 1 aromatic carbocycles. The molecule has 5 heteroatoms. The highest BCUT2D eigenvalue weighted by Gasteiger charge is 2.14. The molecule has 0 saturated heterocycles. The SMILES string of the molecule is COc1ccc(C)c2sc(C(=O)O)nc12. The first kappa shape index (κ1) is 9.92. The van der Waals surface area contributed by atoms with E-state index < -0.39 is 5.97 Å². The topological polar surface area (TPSA) is 59.4 Å². The minimum atomic E-state index is -1.00. The molecule has 0 aliphatic carbocycles. The summed E-state index contributed by atoms with van der Waals surface area (Å²) in [6.45, 7) is 1.92. The Bertz CT molecular complexity index is 533. The molecule has 78 valence electrons. The van der Waals surface area contributed by atoms with Gasteiger partial charge in [-0.25, -0.2) is 9.78 Å². The number of aryl methyl sites for hydroxylation is 1. The van der Waals surface area contributed by atoms with Crippen molar-refractivity contribution in [1.29, 1.82) is 0 Å². The van der Waals surface area contributed by atoms with Gasteiger partial charge in [-0.1, -0.05) is 6.07 Å². The molecule has 0 bridgehead atoms. The molecule has 0 aliphatic heterocycles. The molecule has 0 atom stereocenters. The smallest absolute Gasteiger partial charge is 0.365 e. The first-order valence-electron chi connectivity index (χ1n) is 4.31. The van der Waals surface area contributed by atoms with Crippen LogP contribution in [-0.2, 0) is 0 Å². The Kier molecular flexibility index (Phi) is 2.32. The number of carboxylic acid groups (broad SMARTS) is 1. The van der Waals surface area contributed by atoms with Crippen LogP contribution in [0.1, 0.15) is 15.4 Å². The molecular formula is C10H9NO3S. The lowest BCUT2D eigenvalue weighted by molar-refractivity contribution is 0.0696. The third kappa shape index (κ3) is 1.55. The van der Waals surface area contributed by atoms with E-state index in [1.54, 1.807) is 13.2 Å². The summed E-state index contributed by atoms with van der Waals surface area (Å²) in [5.41, 5.74) is 1.63. The molecule has 0 fully saturated rings. The fourth-order valence-corrected chi connectivity index (χ4v) is 2.26. The number of methoxy groups -OCH3 is 1. The summed E-state index contributed by atoms with van der Waals surface area (Å²) in [4.78, 5) is 14.8. The second-order valence-electron chi connectivity index (χ2n) is 3.09. The first-order valence-corrected chi connectivity index (χ1v) is 5.12. The van der Waals surface area contributed by atoms with Gasteiger partial charge >= 0.3 is 5.97 Å². The predicted molar refractivity (Wildman–Crippen MR) is 57.9 cm³/mol. The molecule has 0 radical (unpaired) electrons. The summed E-state index contributed by atoms with van der Waals surface area (Å²) in [6.07, 6.45) is 0. The maximum absolute atomic E-state index is 10.8. The van der Waals surface area contributed by atoms with Crippen LogP contribution in [-0.4, -0.2) is 23.2 Å². The average molecular weight is 223 g/mol. The summed E-state index contributed by atoms with van der Waals surface area (Å²) in [6, 6.07) is 3.69. The monoisotopic (exact) mass is 223 g/mol. The van der Waals surface area contributed by atoms with Gasteiger partial charge in [0.25, 0.3) is 0 Å². The summed E-state index contributed by atoms with van der Waals surface area (Å²) in [7, 11) is 1.55. The standard InChI is InChI=1S/C10H9NO3S/c1-5-3-4-6(14-2)7-8(5)15-9(11-7)10(12)13/h3-4H,1-2H3,(H,12,13). The zero-order valence-corrected chi connectivity index (χ0v) is 9.09. The van der Waals surface area contributed by atoms with Crippen molar-refractivity contribution in [1.82, 2.24) is 4.98 Å². The van der Waals surface area contributed by atoms with E-state index in [9.17, 15) is 4.79 Å². The van der Waals surface area contributed by atoms with Crippen LogP contribution in [0, 0.1) is 6.92 Å². The average Bonchev–Trinajstić information content (AvgIpc) is 2.64. The first-order chi connectivity index (χ1) is 7.13. The second-order valence-corrected chi connectivity index (χ2v) is 4.09. The predicted octanol–water partition coefficient (Wildman–Crippen LogP) is 2.31. The number of hydrogen-bond donors (Lipinski definition) is 1. The van der Waals surface area contributed by atoms with Crippen LogP contribution >= 0.6 is 11.3 Å². The van der Waals surface area contributed by atoms with E-state index in [4.69, 9.17) is 9.84 Å². The van der Waals surface area contributed by atoms with Crippen LogP contribution in [0.4, 0.5) is 0 Å². The van der Waals surface area contributed by atoms with Crippen molar-refractivity contribution in [3.05, 3.63) is 22.7 Å². The van der Waals surface area contributed by atoms with Crippen LogP contribution in [0.25, 0.3) is 10.2 Å². The van der Waals surface area contributed by atoms with Crippen molar-refractivity contribution in [2.24, 2.45) is 0 Å². The number of carboxylic acids is 1. The molecule has 1 N–H and O–H groups in total. The van der Waals surface area contributed by atoms with Gasteiger partial charge in [0.1, 0.15) is 11.3 Å². The zero-order valence-electron chi connectivity index (χ0n) is 8.27. The zero-order chi connectivity index (χ0) is 11.0. The second kappa shape index (κ2) is 3.51. The maximum Gasteiger partial charge on any atom is 0.365 e. The van der Waals surface area contributed by atoms with Gasteiger partial charge in [0, 0.05) is 0 Å². The van der Waals surface area contributed by atoms with Crippen molar-refractivity contribution < 1.29 is 14.6 Å². The highest BCUT2D eigenvalue weighted by molar-refractivity contribution is 7.20. The molecule has 0 aliphatic rings. The molecule has 0 amide bonds. The van der Waals surface area contributed by atoms with Gasteiger partial charge in [0.15, 0.2) is 0 Å². The number of hydrogen-bond acceptors (Lipinski definition) is 4. The Morgan fingerprint density at radius 1 is 1.53 bits per heavy atom. The van der Waals surface area contributed by atoms with Gasteiger partial charge in [-0.3, -0.25) is 0 Å². The van der Waals surface area contributed by atoms with E-state index in [0.717, 1.165) is 10.3 Å². The lowest BCUT2D eigenvalue weighted by Gasteiger charge is -2.01. The number of aromatic nitrogens is 1. The number of aromatic carboxylic acids is 1. The van der Waals surface area contributed by atoms with Crippen LogP contribution < -0.4 is 4.74 Å². The van der Waals surface area contributed by atoms with Crippen LogP contribution in [0.5, 0.6) is 5.75 Å². The molecule has 1 aromatic heterocycles. The Labute approximate surface area is 90.1 Å². The van der Waals surface area contributed by atoms with Crippen molar-refractivity contribution in [2.75, 3.05) is 7.11 Å². The van der Waals surface area contributed by atoms with E-state index in [1.165, 1.54) is 11.3 Å². The number of benzene rings is 1. The molecular weight excluding hydrogens is 214 g/mol. The lowest BCUT2D eigenvalue weighted by atomic mass is 10.2. The number of carbonyl (C=O) groups is 1. The molecule has 1 heterocycles. The number of nitrogens with zero attached hydrogens (tertiary/aromatic N) is 1. The molecule has 15 heavy (non-hydrogen) atoms. The van der Waals surface area contributed by atoms with E-state index in [-0.39, 0.29) is 5.01 Å². The normalized spacial score (nSPS) is 10.5. The van der Waals surface area contributed by atoms with Crippen molar-refractivity contribution in [3.8, 4) is 5.75 Å². The lowest BCUT2D eigenvalue weighted by Crippen LogP contribution is -1.93. The number of rotatable bonds is 2. The van der Waals surface area contributed by atoms with Gasteiger partial charge in [-0.05, 0) is 18.6 Å². The Hall–Kier alpha value is -1.62. The number of thiazole rings is 1. The van der Waals surface area contributed by atoms with E-state index >= 15 is 0 Å². The summed E-state index contributed by atoms with van der Waals surface area (Å²) in [5, 5.41) is 8.94. The van der Waals surface area contributed by atoms with Gasteiger partial charge in [0.2, 0.25) is 5.01 Å². The Morgan fingerprint density at radius 2 is 2.27 bits per heavy atom. The Balaban J connectivity index is 2.77. The third-order valence-electron chi connectivity index (χ3n) is 2.11. The van der Waals surface area contributed by atoms with Crippen LogP contribution in [0.3, 0.4) is 0 Å². The number of ether oxygens (including phenoxy) is 1. The van der Waals surface area contributed by atoms with E-state index in [1.807, 2.05) is 13.0 Å². The Morgan fingerprint density at radius 3 is 2.87 bits per heavy atom. The molecule has 0 saturated carbocycles. The van der Waals surface area contributed by atoms with Gasteiger partial charge in [-0.15, -0.1) is 11.3 Å². The summed E-state index contributed by atoms with van der Waals surface area (Å²) >= 11 is 1.17. The molecule has 0 spiro atoms. The minimum Gasteiger partial charge on any atom is -0.494 e. The van der Waals surface area contributed by atoms with E-state index in [2.05, 4.69) is 4.98 Å². The van der Waals surface area contributed by atoms with Gasteiger partial charge in [-0.2, -0.15) is 0 Å². The molecule has 2 rings (SSSR count). The summed E-state index contributed by atoms with van der Waals surface area (Å²) < 4.78 is 5.99. The van der Waals surface area contributed by atoms with E-state index in [0.29, 0.717) is 11.3 Å². The maximum atomic E-state index is 10.8. The molecule has 0 unspecified atom stereocenters. The molecule has 4 nitrogen and oxygen atoms in total. The van der Waals surface area contributed by atoms with Crippen molar-refractivity contribution in [3.63, 3.8) is 0 Å². The van der Waals surface area contributed by atoms with Gasteiger partial charge in [0.05, 0.1) is 11.8 Å². The van der Waals surface area contributed by atoms with Crippen LogP contribution in [0.2, 0.25) is 0 Å². The minimum absolute atomic E-state index is 0.0950. The highest BCUT2D eigenvalue weighted by Crippen LogP contribution is 2.32. The van der Waals surface area contributed by atoms with Crippen molar-refractivity contribution >= 4 is 27.5 Å². The third-order valence-corrected chi connectivity index (χ3v) is 3.28. The largest absolute Gasteiger partial charge is 0.494 e. The quantitative estimate of drug-likeness (QED) is 0.848. The number of fused-ring (bicyclic) bond motifs is 1. The molecule has 2 aromatic rings. The van der Waals surface area contributed by atoms with Crippen LogP contribution in [0.15, 0.2) is 12.1 Å². The van der Waals surface area contributed by atoms with Crippen molar-refractivity contribution in [2.45, 2.75) is 6.92 Å². The van der Waals surface area contributed by atoms with Gasteiger partial charge < -0.3 is 9.84 Å². The highest BCUT2D eigenvalue weighted by atomic mass is 32.1. The summed E-state index contributed by atoms with van der Waals surface area (Å²) in [5.74, 6) is -0.392. The fourth-order valence-electron chi connectivity index (χ4n) is 1.37. The fraction of sp³-hybridized carbons (Fsp3) is 0.200.